The van der Waals surface area contributed by atoms with Gasteiger partial charge >= 0.3 is 0 Å². The van der Waals surface area contributed by atoms with E-state index in [-0.39, 0.29) is 0 Å². The van der Waals surface area contributed by atoms with Crippen LogP contribution in [-0.4, -0.2) is 10.9 Å². The predicted molar refractivity (Wildman–Crippen MR) is 90.3 cm³/mol. The topological polar surface area (TPSA) is 22.0 Å². The number of aldehydes is 1. The summed E-state index contributed by atoms with van der Waals surface area (Å²) in [5.41, 5.74) is 1.84. The molecule has 0 amide bonds. The van der Waals surface area contributed by atoms with Crippen molar-refractivity contribution >= 4 is 28.8 Å². The molecule has 3 heteroatoms. The first-order valence-electron chi connectivity index (χ1n) is 8.00. The van der Waals surface area contributed by atoms with Crippen molar-refractivity contribution in [1.82, 2.24) is 4.57 Å². The van der Waals surface area contributed by atoms with Gasteiger partial charge in [0.25, 0.3) is 0 Å². The van der Waals surface area contributed by atoms with Crippen LogP contribution in [0.2, 0.25) is 5.02 Å². The number of rotatable bonds is 9. The maximum atomic E-state index is 11.2. The molecule has 2 rings (SSSR count). The first-order chi connectivity index (χ1) is 10.3. The molecule has 1 heterocycles. The normalized spacial score (nSPS) is 11.1. The van der Waals surface area contributed by atoms with E-state index >= 15 is 0 Å². The number of nitrogens with zero attached hydrogens (tertiary/aromatic N) is 1. The SMILES string of the molecule is CCCCCCCCCn1cc(C=O)c2cc(Cl)ccc21. The van der Waals surface area contributed by atoms with Gasteiger partial charge in [-0.25, -0.2) is 0 Å². The molecule has 0 unspecified atom stereocenters. The summed E-state index contributed by atoms with van der Waals surface area (Å²) >= 11 is 6.02. The Balaban J connectivity index is 1.91. The summed E-state index contributed by atoms with van der Waals surface area (Å²) in [5, 5.41) is 1.64. The third-order valence-electron chi connectivity index (χ3n) is 4.00. The number of carbonyl (C=O) groups is 1. The van der Waals surface area contributed by atoms with Crippen LogP contribution in [0.25, 0.3) is 10.9 Å². The molecular formula is C18H24ClNO. The number of fused-ring (bicyclic) bond motifs is 1. The lowest BCUT2D eigenvalue weighted by Gasteiger charge is -2.05. The molecule has 1 aromatic carbocycles. The quantitative estimate of drug-likeness (QED) is 0.420. The molecule has 0 bridgehead atoms. The van der Waals surface area contributed by atoms with Gasteiger partial charge in [-0.2, -0.15) is 0 Å². The predicted octanol–water partition coefficient (Wildman–Crippen LogP) is 5.86. The molecule has 21 heavy (non-hydrogen) atoms. The van der Waals surface area contributed by atoms with Gasteiger partial charge in [0.05, 0.1) is 0 Å². The van der Waals surface area contributed by atoms with Crippen molar-refractivity contribution in [2.24, 2.45) is 0 Å². The highest BCUT2D eigenvalue weighted by atomic mass is 35.5. The lowest BCUT2D eigenvalue weighted by molar-refractivity contribution is 0.112. The second-order valence-electron chi connectivity index (χ2n) is 5.68. The number of aryl methyl sites for hydroxylation is 1. The zero-order valence-corrected chi connectivity index (χ0v) is 13.5. The molecule has 0 atom stereocenters. The fourth-order valence-corrected chi connectivity index (χ4v) is 2.99. The lowest BCUT2D eigenvalue weighted by atomic mass is 10.1. The zero-order chi connectivity index (χ0) is 15.1. The van der Waals surface area contributed by atoms with Gasteiger partial charge in [0.15, 0.2) is 6.29 Å². The summed E-state index contributed by atoms with van der Waals surface area (Å²) in [6.45, 7) is 3.22. The molecule has 0 N–H and O–H groups in total. The third-order valence-corrected chi connectivity index (χ3v) is 4.24. The van der Waals surface area contributed by atoms with Crippen molar-refractivity contribution in [1.29, 1.82) is 0 Å². The van der Waals surface area contributed by atoms with E-state index in [2.05, 4.69) is 11.5 Å². The van der Waals surface area contributed by atoms with Crippen LogP contribution in [0.15, 0.2) is 24.4 Å². The van der Waals surface area contributed by atoms with Crippen molar-refractivity contribution in [2.75, 3.05) is 0 Å². The summed E-state index contributed by atoms with van der Waals surface area (Å²) < 4.78 is 2.18. The summed E-state index contributed by atoms with van der Waals surface area (Å²) in [5.74, 6) is 0. The van der Waals surface area contributed by atoms with Crippen LogP contribution >= 0.6 is 11.6 Å². The van der Waals surface area contributed by atoms with Crippen LogP contribution in [0.3, 0.4) is 0 Å². The molecule has 0 aliphatic rings. The van der Waals surface area contributed by atoms with Gasteiger partial charge < -0.3 is 4.57 Å². The molecule has 0 radical (unpaired) electrons. The van der Waals surface area contributed by atoms with E-state index < -0.39 is 0 Å². The van der Waals surface area contributed by atoms with Crippen LogP contribution in [0.5, 0.6) is 0 Å². The van der Waals surface area contributed by atoms with E-state index in [1.807, 2.05) is 24.4 Å². The van der Waals surface area contributed by atoms with Gasteiger partial charge in [0.2, 0.25) is 0 Å². The molecule has 0 saturated heterocycles. The van der Waals surface area contributed by atoms with E-state index in [9.17, 15) is 4.79 Å². The summed E-state index contributed by atoms with van der Waals surface area (Å²) in [4.78, 5) is 11.2. The molecule has 0 fully saturated rings. The third kappa shape index (κ3) is 4.34. The second-order valence-corrected chi connectivity index (χ2v) is 6.11. The minimum Gasteiger partial charge on any atom is -0.347 e. The number of halogens is 1. The Kier molecular flexibility index (Phi) is 6.31. The maximum Gasteiger partial charge on any atom is 0.152 e. The molecule has 2 nitrogen and oxygen atoms in total. The smallest absolute Gasteiger partial charge is 0.152 e. The lowest BCUT2D eigenvalue weighted by Crippen LogP contribution is -1.96. The Morgan fingerprint density at radius 1 is 1.10 bits per heavy atom. The van der Waals surface area contributed by atoms with Crippen LogP contribution in [0.1, 0.15) is 62.2 Å². The molecule has 1 aromatic heterocycles. The standard InChI is InChI=1S/C18H24ClNO/c1-2-3-4-5-6-7-8-11-20-13-15(14-21)17-12-16(19)9-10-18(17)20/h9-10,12-14H,2-8,11H2,1H3. The van der Waals surface area contributed by atoms with E-state index in [4.69, 9.17) is 11.6 Å². The number of carbonyl (C=O) groups excluding carboxylic acids is 1. The average molecular weight is 306 g/mol. The number of hydrogen-bond acceptors (Lipinski definition) is 1. The monoisotopic (exact) mass is 305 g/mol. The molecule has 0 saturated carbocycles. The van der Waals surface area contributed by atoms with Crippen molar-refractivity contribution in [2.45, 2.75) is 58.4 Å². The van der Waals surface area contributed by atoms with Crippen molar-refractivity contribution in [3.63, 3.8) is 0 Å². The number of aromatic nitrogens is 1. The van der Waals surface area contributed by atoms with Gasteiger partial charge in [-0.3, -0.25) is 4.79 Å². The molecule has 0 spiro atoms. The molecule has 2 aromatic rings. The van der Waals surface area contributed by atoms with Crippen molar-refractivity contribution < 1.29 is 4.79 Å². The molecule has 0 aliphatic carbocycles. The number of hydrogen-bond donors (Lipinski definition) is 0. The van der Waals surface area contributed by atoms with Gasteiger partial charge in [0, 0.05) is 34.2 Å². The van der Waals surface area contributed by atoms with Crippen LogP contribution in [0, 0.1) is 0 Å². The first-order valence-corrected chi connectivity index (χ1v) is 8.37. The maximum absolute atomic E-state index is 11.2. The Bertz CT molecular complexity index is 588. The summed E-state index contributed by atoms with van der Waals surface area (Å²) in [6.07, 6.45) is 11.9. The van der Waals surface area contributed by atoms with Gasteiger partial charge in [-0.15, -0.1) is 0 Å². The summed E-state index contributed by atoms with van der Waals surface area (Å²) in [6, 6.07) is 5.77. The minimum atomic E-state index is 0.680. The van der Waals surface area contributed by atoms with Crippen LogP contribution in [0.4, 0.5) is 0 Å². The van der Waals surface area contributed by atoms with E-state index in [0.717, 1.165) is 35.7 Å². The van der Waals surface area contributed by atoms with Gasteiger partial charge in [-0.1, -0.05) is 57.0 Å². The van der Waals surface area contributed by atoms with E-state index in [1.54, 1.807) is 0 Å². The average Bonchev–Trinajstić information content (AvgIpc) is 2.83. The Morgan fingerprint density at radius 3 is 2.52 bits per heavy atom. The van der Waals surface area contributed by atoms with Crippen molar-refractivity contribution in [3.05, 3.63) is 35.0 Å². The molecule has 114 valence electrons. The highest BCUT2D eigenvalue weighted by Crippen LogP contribution is 2.24. The van der Waals surface area contributed by atoms with Crippen molar-refractivity contribution in [3.8, 4) is 0 Å². The molecule has 0 aliphatic heterocycles. The number of benzene rings is 1. The Hall–Kier alpha value is -1.28. The zero-order valence-electron chi connectivity index (χ0n) is 12.8. The number of unbranched alkanes of at least 4 members (excludes halogenated alkanes) is 6. The highest BCUT2D eigenvalue weighted by molar-refractivity contribution is 6.31. The van der Waals surface area contributed by atoms with Crippen LogP contribution in [-0.2, 0) is 6.54 Å². The highest BCUT2D eigenvalue weighted by Gasteiger charge is 2.08. The fourth-order valence-electron chi connectivity index (χ4n) is 2.82. The van der Waals surface area contributed by atoms with Gasteiger partial charge in [0.1, 0.15) is 0 Å². The fraction of sp³-hybridized carbons (Fsp3) is 0.500. The second kappa shape index (κ2) is 8.23. The summed E-state index contributed by atoms with van der Waals surface area (Å²) in [7, 11) is 0. The van der Waals surface area contributed by atoms with Crippen LogP contribution < -0.4 is 0 Å². The largest absolute Gasteiger partial charge is 0.347 e. The van der Waals surface area contributed by atoms with Gasteiger partial charge in [-0.05, 0) is 24.6 Å². The Labute approximate surface area is 132 Å². The van der Waals surface area contributed by atoms with E-state index in [1.165, 1.54) is 38.5 Å². The van der Waals surface area contributed by atoms with E-state index in [0.29, 0.717) is 5.02 Å². The first kappa shape index (κ1) is 16.1. The molecular weight excluding hydrogens is 282 g/mol. The Morgan fingerprint density at radius 2 is 1.81 bits per heavy atom. The minimum absolute atomic E-state index is 0.680.